The molecule has 2 nitrogen and oxygen atoms in total. The number of hydrogen-bond donors (Lipinski definition) is 0. The summed E-state index contributed by atoms with van der Waals surface area (Å²) in [6.07, 6.45) is 5.28. The standard InChI is InChI=1S/C12H16FNO/c1-12(2,3)11-9(13)6-14-7-10(11)15-8-4-5-8/h6-8H,4-5H2,1-3H3. The fraction of sp³-hybridized carbons (Fsp3) is 0.583. The van der Waals surface area contributed by atoms with Gasteiger partial charge in [-0.25, -0.2) is 4.39 Å². The lowest BCUT2D eigenvalue weighted by molar-refractivity contribution is 0.289. The summed E-state index contributed by atoms with van der Waals surface area (Å²) in [7, 11) is 0. The molecule has 0 atom stereocenters. The van der Waals surface area contributed by atoms with Crippen LogP contribution in [0.4, 0.5) is 4.39 Å². The van der Waals surface area contributed by atoms with E-state index in [1.54, 1.807) is 6.20 Å². The summed E-state index contributed by atoms with van der Waals surface area (Å²) in [5.74, 6) is 0.325. The van der Waals surface area contributed by atoms with E-state index in [2.05, 4.69) is 4.98 Å². The van der Waals surface area contributed by atoms with E-state index in [1.807, 2.05) is 20.8 Å². The fourth-order valence-electron chi connectivity index (χ4n) is 1.60. The normalized spacial score (nSPS) is 16.5. The Bertz CT molecular complexity index is 366. The van der Waals surface area contributed by atoms with E-state index in [0.29, 0.717) is 11.3 Å². The summed E-state index contributed by atoms with van der Waals surface area (Å²) in [4.78, 5) is 3.84. The lowest BCUT2D eigenvalue weighted by atomic mass is 9.86. The lowest BCUT2D eigenvalue weighted by Crippen LogP contribution is -2.16. The molecule has 0 radical (unpaired) electrons. The van der Waals surface area contributed by atoms with Crippen molar-refractivity contribution >= 4 is 0 Å². The van der Waals surface area contributed by atoms with E-state index in [-0.39, 0.29) is 17.3 Å². The van der Waals surface area contributed by atoms with Crippen LogP contribution in [0.2, 0.25) is 0 Å². The Morgan fingerprint density at radius 3 is 2.53 bits per heavy atom. The van der Waals surface area contributed by atoms with Crippen molar-refractivity contribution in [3.8, 4) is 5.75 Å². The van der Waals surface area contributed by atoms with Crippen LogP contribution < -0.4 is 4.74 Å². The average molecular weight is 209 g/mol. The molecule has 1 aromatic rings. The molecule has 1 heterocycles. The number of aromatic nitrogens is 1. The second-order valence-electron chi connectivity index (χ2n) is 5.06. The number of ether oxygens (including phenoxy) is 1. The van der Waals surface area contributed by atoms with Gasteiger partial charge in [0.25, 0.3) is 0 Å². The lowest BCUT2D eigenvalue weighted by Gasteiger charge is -2.22. The third-order valence-corrected chi connectivity index (χ3v) is 2.43. The van der Waals surface area contributed by atoms with Crippen LogP contribution in [-0.2, 0) is 5.41 Å². The third-order valence-electron chi connectivity index (χ3n) is 2.43. The zero-order valence-corrected chi connectivity index (χ0v) is 9.38. The maximum absolute atomic E-state index is 13.7. The molecule has 0 unspecified atom stereocenters. The van der Waals surface area contributed by atoms with Gasteiger partial charge in [0.2, 0.25) is 0 Å². The molecule has 15 heavy (non-hydrogen) atoms. The Hall–Kier alpha value is -1.12. The molecule has 2 rings (SSSR count). The van der Waals surface area contributed by atoms with Gasteiger partial charge >= 0.3 is 0 Å². The highest BCUT2D eigenvalue weighted by atomic mass is 19.1. The summed E-state index contributed by atoms with van der Waals surface area (Å²) >= 11 is 0. The number of hydrogen-bond acceptors (Lipinski definition) is 2. The predicted molar refractivity (Wildman–Crippen MR) is 56.5 cm³/mol. The van der Waals surface area contributed by atoms with Gasteiger partial charge in [-0.3, -0.25) is 4.98 Å². The van der Waals surface area contributed by atoms with Crippen LogP contribution in [0.5, 0.6) is 5.75 Å². The summed E-state index contributed by atoms with van der Waals surface area (Å²) in [6.45, 7) is 5.93. The monoisotopic (exact) mass is 209 g/mol. The van der Waals surface area contributed by atoms with Crippen LogP contribution in [0.25, 0.3) is 0 Å². The predicted octanol–water partition coefficient (Wildman–Crippen LogP) is 3.06. The molecule has 1 fully saturated rings. The van der Waals surface area contributed by atoms with Crippen LogP contribution in [0, 0.1) is 5.82 Å². The molecule has 0 saturated heterocycles. The van der Waals surface area contributed by atoms with Gasteiger partial charge in [0.1, 0.15) is 11.6 Å². The van der Waals surface area contributed by atoms with Crippen molar-refractivity contribution in [2.75, 3.05) is 0 Å². The van der Waals surface area contributed by atoms with E-state index in [9.17, 15) is 4.39 Å². The minimum Gasteiger partial charge on any atom is -0.488 e. The van der Waals surface area contributed by atoms with Gasteiger partial charge < -0.3 is 4.74 Å². The van der Waals surface area contributed by atoms with Crippen molar-refractivity contribution in [2.45, 2.75) is 45.1 Å². The second-order valence-corrected chi connectivity index (χ2v) is 5.06. The molecule has 3 heteroatoms. The molecule has 82 valence electrons. The molecule has 0 amide bonds. The van der Waals surface area contributed by atoms with Crippen LogP contribution in [0.3, 0.4) is 0 Å². The van der Waals surface area contributed by atoms with Crippen molar-refractivity contribution in [1.82, 2.24) is 4.98 Å². The van der Waals surface area contributed by atoms with Gasteiger partial charge in [0.15, 0.2) is 0 Å². The zero-order valence-electron chi connectivity index (χ0n) is 9.38. The van der Waals surface area contributed by atoms with Gasteiger partial charge in [0.05, 0.1) is 18.5 Å². The summed E-state index contributed by atoms with van der Waals surface area (Å²) in [5.41, 5.74) is 0.376. The van der Waals surface area contributed by atoms with Crippen LogP contribution >= 0.6 is 0 Å². The average Bonchev–Trinajstić information content (AvgIpc) is 2.85. The topological polar surface area (TPSA) is 22.1 Å². The molecule has 0 aliphatic heterocycles. The van der Waals surface area contributed by atoms with Crippen molar-refractivity contribution in [3.05, 3.63) is 23.8 Å². The van der Waals surface area contributed by atoms with Crippen LogP contribution in [-0.4, -0.2) is 11.1 Å². The van der Waals surface area contributed by atoms with Crippen LogP contribution in [0.15, 0.2) is 12.4 Å². The molecule has 1 aliphatic carbocycles. The molecule has 0 N–H and O–H groups in total. The van der Waals surface area contributed by atoms with Crippen molar-refractivity contribution < 1.29 is 9.13 Å². The molecular weight excluding hydrogens is 193 g/mol. The number of halogens is 1. The van der Waals surface area contributed by atoms with E-state index >= 15 is 0 Å². The fourth-order valence-corrected chi connectivity index (χ4v) is 1.60. The Morgan fingerprint density at radius 1 is 1.33 bits per heavy atom. The Balaban J connectivity index is 2.38. The van der Waals surface area contributed by atoms with E-state index < -0.39 is 0 Å². The van der Waals surface area contributed by atoms with Gasteiger partial charge in [-0.2, -0.15) is 0 Å². The largest absolute Gasteiger partial charge is 0.488 e. The van der Waals surface area contributed by atoms with E-state index in [0.717, 1.165) is 12.8 Å². The second kappa shape index (κ2) is 3.47. The van der Waals surface area contributed by atoms with Crippen LogP contribution in [0.1, 0.15) is 39.2 Å². The molecular formula is C12H16FNO. The minimum atomic E-state index is -0.277. The first-order valence-electron chi connectivity index (χ1n) is 5.29. The maximum Gasteiger partial charge on any atom is 0.148 e. The SMILES string of the molecule is CC(C)(C)c1c(F)cncc1OC1CC1. The third kappa shape index (κ3) is 2.28. The Labute approximate surface area is 89.5 Å². The van der Waals surface area contributed by atoms with Crippen molar-refractivity contribution in [3.63, 3.8) is 0 Å². The molecule has 1 saturated carbocycles. The number of nitrogens with zero attached hydrogens (tertiary/aromatic N) is 1. The smallest absolute Gasteiger partial charge is 0.148 e. The van der Waals surface area contributed by atoms with E-state index in [4.69, 9.17) is 4.74 Å². The molecule has 0 spiro atoms. The minimum absolute atomic E-state index is 0.253. The number of pyridine rings is 1. The van der Waals surface area contributed by atoms with E-state index in [1.165, 1.54) is 6.20 Å². The summed E-state index contributed by atoms with van der Waals surface area (Å²) in [5, 5.41) is 0. The molecule has 0 bridgehead atoms. The Kier molecular flexibility index (Phi) is 2.41. The number of rotatable bonds is 2. The van der Waals surface area contributed by atoms with Gasteiger partial charge in [-0.15, -0.1) is 0 Å². The quantitative estimate of drug-likeness (QED) is 0.746. The first kappa shape index (κ1) is 10.4. The first-order valence-corrected chi connectivity index (χ1v) is 5.29. The van der Waals surface area contributed by atoms with Crippen molar-refractivity contribution in [2.24, 2.45) is 0 Å². The van der Waals surface area contributed by atoms with Gasteiger partial charge in [-0.05, 0) is 18.3 Å². The summed E-state index contributed by atoms with van der Waals surface area (Å²) in [6, 6.07) is 0. The summed E-state index contributed by atoms with van der Waals surface area (Å²) < 4.78 is 19.3. The zero-order chi connectivity index (χ0) is 11.1. The molecule has 0 aromatic carbocycles. The Morgan fingerprint density at radius 2 is 2.00 bits per heavy atom. The molecule has 1 aliphatic rings. The maximum atomic E-state index is 13.7. The molecule has 1 aromatic heterocycles. The van der Waals surface area contributed by atoms with Gasteiger partial charge in [-0.1, -0.05) is 20.8 Å². The highest BCUT2D eigenvalue weighted by Crippen LogP contribution is 2.36. The van der Waals surface area contributed by atoms with Crippen molar-refractivity contribution in [1.29, 1.82) is 0 Å². The van der Waals surface area contributed by atoms with Gasteiger partial charge in [0, 0.05) is 5.56 Å². The highest BCUT2D eigenvalue weighted by molar-refractivity contribution is 5.37. The first-order chi connectivity index (χ1) is 6.98. The highest BCUT2D eigenvalue weighted by Gasteiger charge is 2.29.